The van der Waals surface area contributed by atoms with Crippen molar-refractivity contribution in [3.05, 3.63) is 58.4 Å². The molecule has 0 saturated heterocycles. The summed E-state index contributed by atoms with van der Waals surface area (Å²) < 4.78 is 13.6. The van der Waals surface area contributed by atoms with Crippen LogP contribution < -0.4 is 11.1 Å². The fourth-order valence-corrected chi connectivity index (χ4v) is 1.89. The van der Waals surface area contributed by atoms with Gasteiger partial charge in [-0.2, -0.15) is 0 Å². The third-order valence-electron chi connectivity index (χ3n) is 2.72. The second kappa shape index (κ2) is 5.28. The van der Waals surface area contributed by atoms with Crippen molar-refractivity contribution < 1.29 is 9.18 Å². The van der Waals surface area contributed by atoms with Crippen LogP contribution in [0, 0.1) is 12.7 Å². The van der Waals surface area contributed by atoms with Crippen molar-refractivity contribution in [1.82, 2.24) is 0 Å². The number of carbonyl (C=O) groups excluding carboxylic acids is 1. The third-order valence-corrected chi connectivity index (χ3v) is 2.95. The molecule has 0 saturated carbocycles. The van der Waals surface area contributed by atoms with Gasteiger partial charge in [0.15, 0.2) is 0 Å². The molecule has 19 heavy (non-hydrogen) atoms. The molecule has 0 heterocycles. The summed E-state index contributed by atoms with van der Waals surface area (Å²) >= 11 is 5.76. The molecule has 0 fully saturated rings. The Morgan fingerprint density at radius 3 is 2.68 bits per heavy atom. The summed E-state index contributed by atoms with van der Waals surface area (Å²) in [6.07, 6.45) is 0. The highest BCUT2D eigenvalue weighted by molar-refractivity contribution is 6.31. The van der Waals surface area contributed by atoms with Crippen LogP contribution in [0.5, 0.6) is 0 Å². The average molecular weight is 279 g/mol. The van der Waals surface area contributed by atoms with Crippen LogP contribution in [-0.4, -0.2) is 5.91 Å². The lowest BCUT2D eigenvalue weighted by molar-refractivity contribution is 0.102. The minimum Gasteiger partial charge on any atom is -0.398 e. The number of nitrogens with one attached hydrogen (secondary N) is 1. The number of carbonyl (C=O) groups is 1. The number of rotatable bonds is 2. The van der Waals surface area contributed by atoms with E-state index >= 15 is 0 Å². The van der Waals surface area contributed by atoms with E-state index < -0.39 is 11.7 Å². The number of benzene rings is 2. The molecule has 2 rings (SSSR count). The Morgan fingerprint density at radius 2 is 2.05 bits per heavy atom. The lowest BCUT2D eigenvalue weighted by Gasteiger charge is -2.10. The van der Waals surface area contributed by atoms with Gasteiger partial charge in [-0.3, -0.25) is 4.79 Å². The van der Waals surface area contributed by atoms with Crippen LogP contribution in [0.2, 0.25) is 5.02 Å². The van der Waals surface area contributed by atoms with E-state index in [0.29, 0.717) is 10.6 Å². The number of para-hydroxylation sites is 1. The molecule has 0 unspecified atom stereocenters. The molecule has 0 aromatic heterocycles. The summed E-state index contributed by atoms with van der Waals surface area (Å²) in [6, 6.07) is 9.11. The first-order valence-corrected chi connectivity index (χ1v) is 5.98. The van der Waals surface area contributed by atoms with E-state index in [2.05, 4.69) is 5.32 Å². The number of nitrogens with two attached hydrogens (primary N) is 1. The van der Waals surface area contributed by atoms with Gasteiger partial charge in [0, 0.05) is 10.7 Å². The molecule has 0 radical (unpaired) electrons. The van der Waals surface area contributed by atoms with E-state index in [4.69, 9.17) is 17.3 Å². The van der Waals surface area contributed by atoms with Gasteiger partial charge in [-0.1, -0.05) is 23.7 Å². The zero-order valence-corrected chi connectivity index (χ0v) is 11.0. The van der Waals surface area contributed by atoms with Gasteiger partial charge in [0.2, 0.25) is 0 Å². The highest BCUT2D eigenvalue weighted by Gasteiger charge is 2.13. The SMILES string of the molecule is Cc1cccc(F)c1NC(=O)c1ccc(Cl)cc1N. The topological polar surface area (TPSA) is 55.1 Å². The van der Waals surface area contributed by atoms with Gasteiger partial charge in [0.05, 0.1) is 11.3 Å². The summed E-state index contributed by atoms with van der Waals surface area (Å²) in [6.45, 7) is 1.71. The molecule has 5 heteroatoms. The zero-order valence-electron chi connectivity index (χ0n) is 10.2. The van der Waals surface area contributed by atoms with Crippen LogP contribution in [0.25, 0.3) is 0 Å². The molecule has 0 spiro atoms. The van der Waals surface area contributed by atoms with E-state index in [-0.39, 0.29) is 16.9 Å². The van der Waals surface area contributed by atoms with Gasteiger partial charge in [-0.15, -0.1) is 0 Å². The van der Waals surface area contributed by atoms with Crippen molar-refractivity contribution >= 4 is 28.9 Å². The first-order chi connectivity index (χ1) is 8.99. The summed E-state index contributed by atoms with van der Waals surface area (Å²) in [5.74, 6) is -0.955. The Morgan fingerprint density at radius 1 is 1.32 bits per heavy atom. The Balaban J connectivity index is 2.31. The summed E-state index contributed by atoms with van der Waals surface area (Å²) in [5, 5.41) is 2.96. The smallest absolute Gasteiger partial charge is 0.257 e. The molecule has 98 valence electrons. The highest BCUT2D eigenvalue weighted by Crippen LogP contribution is 2.22. The van der Waals surface area contributed by atoms with E-state index in [1.807, 2.05) is 0 Å². The Hall–Kier alpha value is -2.07. The van der Waals surface area contributed by atoms with Crippen molar-refractivity contribution in [3.8, 4) is 0 Å². The van der Waals surface area contributed by atoms with E-state index in [1.54, 1.807) is 25.1 Å². The van der Waals surface area contributed by atoms with E-state index in [1.165, 1.54) is 18.2 Å². The van der Waals surface area contributed by atoms with Crippen LogP contribution in [0.15, 0.2) is 36.4 Å². The average Bonchev–Trinajstić information content (AvgIpc) is 2.33. The fraction of sp³-hybridized carbons (Fsp3) is 0.0714. The quantitative estimate of drug-likeness (QED) is 0.824. The van der Waals surface area contributed by atoms with Crippen molar-refractivity contribution in [2.45, 2.75) is 6.92 Å². The van der Waals surface area contributed by atoms with E-state index in [0.717, 1.165) is 0 Å². The second-order valence-electron chi connectivity index (χ2n) is 4.12. The largest absolute Gasteiger partial charge is 0.398 e. The van der Waals surface area contributed by atoms with Gasteiger partial charge < -0.3 is 11.1 Å². The minimum atomic E-state index is -0.485. The van der Waals surface area contributed by atoms with Crippen molar-refractivity contribution in [1.29, 1.82) is 0 Å². The Bertz CT molecular complexity index is 623. The van der Waals surface area contributed by atoms with Gasteiger partial charge in [-0.25, -0.2) is 4.39 Å². The molecule has 0 atom stereocenters. The predicted octanol–water partition coefficient (Wildman–Crippen LogP) is 3.62. The monoisotopic (exact) mass is 278 g/mol. The lowest BCUT2D eigenvalue weighted by atomic mass is 10.1. The minimum absolute atomic E-state index is 0.154. The number of amides is 1. The van der Waals surface area contributed by atoms with Gasteiger partial charge in [-0.05, 0) is 36.8 Å². The number of anilines is 2. The molecule has 2 aromatic rings. The standard InChI is InChI=1S/C14H12ClFN2O/c1-8-3-2-4-11(16)13(8)18-14(19)10-6-5-9(15)7-12(10)17/h2-7H,17H2,1H3,(H,18,19). The fourth-order valence-electron chi connectivity index (χ4n) is 1.71. The van der Waals surface area contributed by atoms with Gasteiger partial charge >= 0.3 is 0 Å². The normalized spacial score (nSPS) is 10.3. The van der Waals surface area contributed by atoms with Crippen LogP contribution in [0.1, 0.15) is 15.9 Å². The first-order valence-electron chi connectivity index (χ1n) is 5.60. The summed E-state index contributed by atoms with van der Waals surface area (Å²) in [7, 11) is 0. The molecular formula is C14H12ClFN2O. The molecule has 0 aliphatic rings. The Labute approximate surface area is 115 Å². The molecule has 2 aromatic carbocycles. The zero-order chi connectivity index (χ0) is 14.0. The number of hydrogen-bond donors (Lipinski definition) is 2. The highest BCUT2D eigenvalue weighted by atomic mass is 35.5. The molecule has 3 nitrogen and oxygen atoms in total. The van der Waals surface area contributed by atoms with Crippen molar-refractivity contribution in [3.63, 3.8) is 0 Å². The van der Waals surface area contributed by atoms with E-state index in [9.17, 15) is 9.18 Å². The van der Waals surface area contributed by atoms with Crippen molar-refractivity contribution in [2.75, 3.05) is 11.1 Å². The van der Waals surface area contributed by atoms with Gasteiger partial charge in [0.1, 0.15) is 5.82 Å². The number of halogens is 2. The predicted molar refractivity (Wildman–Crippen MR) is 75.0 cm³/mol. The Kier molecular flexibility index (Phi) is 3.71. The maximum atomic E-state index is 13.6. The molecule has 0 aliphatic carbocycles. The number of aryl methyl sites for hydroxylation is 1. The van der Waals surface area contributed by atoms with Crippen molar-refractivity contribution in [2.24, 2.45) is 0 Å². The first kappa shape index (κ1) is 13.4. The van der Waals surface area contributed by atoms with Crippen LogP contribution in [0.3, 0.4) is 0 Å². The third kappa shape index (κ3) is 2.85. The van der Waals surface area contributed by atoms with Crippen LogP contribution in [0.4, 0.5) is 15.8 Å². The summed E-state index contributed by atoms with van der Waals surface area (Å²) in [4.78, 5) is 12.0. The molecule has 0 bridgehead atoms. The summed E-state index contributed by atoms with van der Waals surface area (Å²) in [5.41, 5.74) is 7.01. The van der Waals surface area contributed by atoms with Crippen LogP contribution >= 0.6 is 11.6 Å². The lowest BCUT2D eigenvalue weighted by Crippen LogP contribution is -2.15. The second-order valence-corrected chi connectivity index (χ2v) is 4.55. The molecule has 1 amide bonds. The molecular weight excluding hydrogens is 267 g/mol. The van der Waals surface area contributed by atoms with Crippen LogP contribution in [-0.2, 0) is 0 Å². The number of hydrogen-bond acceptors (Lipinski definition) is 2. The molecule has 3 N–H and O–H groups in total. The number of nitrogen functional groups attached to an aromatic ring is 1. The molecule has 0 aliphatic heterocycles. The maximum absolute atomic E-state index is 13.6. The maximum Gasteiger partial charge on any atom is 0.257 e. The van der Waals surface area contributed by atoms with Gasteiger partial charge in [0.25, 0.3) is 5.91 Å².